The van der Waals surface area contributed by atoms with Crippen molar-refractivity contribution in [2.45, 2.75) is 45.5 Å². The van der Waals surface area contributed by atoms with Gasteiger partial charge in [0.1, 0.15) is 23.8 Å². The van der Waals surface area contributed by atoms with E-state index in [2.05, 4.69) is 0 Å². The standard InChI is InChI=1S/C26H33FO6/c1-17(2)22-14-25(33-26(22)29)23(28)16-31-15-18-5-10-21(19-6-8-20(27)9-7-19)24(13-18)32-12-4-11-30-3/h5-10,13,17,22-23,25,28H,4,11-12,14-16H2,1-3H3. The Hall–Kier alpha value is -2.48. The molecule has 7 heteroatoms. The van der Waals surface area contributed by atoms with E-state index in [0.717, 1.165) is 23.1 Å². The molecule has 0 aliphatic carbocycles. The van der Waals surface area contributed by atoms with E-state index in [1.807, 2.05) is 32.0 Å². The van der Waals surface area contributed by atoms with E-state index in [-0.39, 0.29) is 36.8 Å². The van der Waals surface area contributed by atoms with E-state index >= 15 is 0 Å². The highest BCUT2D eigenvalue weighted by Gasteiger charge is 2.39. The fourth-order valence-electron chi connectivity index (χ4n) is 3.85. The molecule has 0 amide bonds. The van der Waals surface area contributed by atoms with Gasteiger partial charge in [0, 0.05) is 32.1 Å². The molecule has 1 saturated heterocycles. The number of esters is 1. The second-order valence-corrected chi connectivity index (χ2v) is 8.68. The fraction of sp³-hybridized carbons (Fsp3) is 0.500. The summed E-state index contributed by atoms with van der Waals surface area (Å²) in [6, 6.07) is 12.0. The highest BCUT2D eigenvalue weighted by molar-refractivity contribution is 5.75. The second kappa shape index (κ2) is 12.1. The normalized spacial score (nSPS) is 19.0. The van der Waals surface area contributed by atoms with Gasteiger partial charge >= 0.3 is 5.97 Å². The average Bonchev–Trinajstić information content (AvgIpc) is 3.20. The minimum Gasteiger partial charge on any atom is -0.493 e. The number of hydrogen-bond donors (Lipinski definition) is 1. The van der Waals surface area contributed by atoms with Crippen LogP contribution in [0.1, 0.15) is 32.3 Å². The molecule has 6 nitrogen and oxygen atoms in total. The summed E-state index contributed by atoms with van der Waals surface area (Å²) in [5, 5.41) is 10.4. The van der Waals surface area contributed by atoms with E-state index in [9.17, 15) is 14.3 Å². The van der Waals surface area contributed by atoms with Crippen molar-refractivity contribution in [3.8, 4) is 16.9 Å². The summed E-state index contributed by atoms with van der Waals surface area (Å²) >= 11 is 0. The lowest BCUT2D eigenvalue weighted by Gasteiger charge is -2.18. The van der Waals surface area contributed by atoms with Gasteiger partial charge in [-0.1, -0.05) is 38.1 Å². The number of aliphatic hydroxyl groups excluding tert-OH is 1. The van der Waals surface area contributed by atoms with Gasteiger partial charge in [-0.25, -0.2) is 4.39 Å². The van der Waals surface area contributed by atoms with Crippen molar-refractivity contribution >= 4 is 5.97 Å². The Morgan fingerprint density at radius 2 is 1.91 bits per heavy atom. The largest absolute Gasteiger partial charge is 0.493 e. The summed E-state index contributed by atoms with van der Waals surface area (Å²) in [5.74, 6) is 0.126. The van der Waals surface area contributed by atoms with Gasteiger partial charge in [-0.15, -0.1) is 0 Å². The van der Waals surface area contributed by atoms with Crippen LogP contribution in [0, 0.1) is 17.7 Å². The average molecular weight is 461 g/mol. The first-order valence-corrected chi connectivity index (χ1v) is 11.4. The third-order valence-electron chi connectivity index (χ3n) is 5.80. The molecule has 2 aromatic rings. The molecule has 3 unspecified atom stereocenters. The lowest BCUT2D eigenvalue weighted by atomic mass is 9.91. The zero-order valence-corrected chi connectivity index (χ0v) is 19.5. The summed E-state index contributed by atoms with van der Waals surface area (Å²) in [7, 11) is 1.64. The topological polar surface area (TPSA) is 74.2 Å². The summed E-state index contributed by atoms with van der Waals surface area (Å²) in [4.78, 5) is 11.9. The van der Waals surface area contributed by atoms with Crippen LogP contribution in [0.15, 0.2) is 42.5 Å². The van der Waals surface area contributed by atoms with Crippen molar-refractivity contribution in [1.29, 1.82) is 0 Å². The monoisotopic (exact) mass is 460 g/mol. The van der Waals surface area contributed by atoms with Crippen LogP contribution in [-0.4, -0.2) is 50.2 Å². The summed E-state index contributed by atoms with van der Waals surface area (Å²) in [6.07, 6.45) is -0.164. The molecule has 2 aromatic carbocycles. The highest BCUT2D eigenvalue weighted by atomic mass is 19.1. The van der Waals surface area contributed by atoms with Crippen molar-refractivity contribution in [3.63, 3.8) is 0 Å². The number of halogens is 1. The number of aliphatic hydroxyl groups is 1. The van der Waals surface area contributed by atoms with E-state index in [0.29, 0.717) is 25.4 Å². The van der Waals surface area contributed by atoms with Gasteiger partial charge in [-0.05, 0) is 35.2 Å². The van der Waals surface area contributed by atoms with Crippen LogP contribution in [-0.2, 0) is 25.6 Å². The lowest BCUT2D eigenvalue weighted by molar-refractivity contribution is -0.150. The molecule has 1 N–H and O–H groups in total. The van der Waals surface area contributed by atoms with Crippen molar-refractivity contribution in [1.82, 2.24) is 0 Å². The summed E-state index contributed by atoms with van der Waals surface area (Å²) in [6.45, 7) is 5.35. The third kappa shape index (κ3) is 7.00. The first-order valence-electron chi connectivity index (χ1n) is 11.4. The summed E-state index contributed by atoms with van der Waals surface area (Å²) in [5.41, 5.74) is 2.58. The second-order valence-electron chi connectivity index (χ2n) is 8.68. The van der Waals surface area contributed by atoms with Gasteiger partial charge in [-0.3, -0.25) is 4.79 Å². The minimum absolute atomic E-state index is 0.0620. The molecule has 0 bridgehead atoms. The predicted molar refractivity (Wildman–Crippen MR) is 122 cm³/mol. The fourth-order valence-corrected chi connectivity index (χ4v) is 3.85. The van der Waals surface area contributed by atoms with Crippen molar-refractivity contribution in [3.05, 3.63) is 53.8 Å². The SMILES string of the molecule is COCCCOc1cc(COCC(O)C2CC(C(C)C)C(=O)O2)ccc1-c1ccc(F)cc1. The maximum absolute atomic E-state index is 13.3. The quantitative estimate of drug-likeness (QED) is 0.375. The number of rotatable bonds is 12. The molecular formula is C26H33FO6. The molecule has 180 valence electrons. The highest BCUT2D eigenvalue weighted by Crippen LogP contribution is 2.32. The Bertz CT molecular complexity index is 898. The molecule has 3 atom stereocenters. The maximum Gasteiger partial charge on any atom is 0.309 e. The number of hydrogen-bond acceptors (Lipinski definition) is 6. The number of benzene rings is 2. The maximum atomic E-state index is 13.3. The molecule has 3 rings (SSSR count). The van der Waals surface area contributed by atoms with Crippen LogP contribution in [0.25, 0.3) is 11.1 Å². The molecule has 0 spiro atoms. The molecule has 0 aromatic heterocycles. The molecule has 1 heterocycles. The molecule has 1 aliphatic heterocycles. The zero-order valence-electron chi connectivity index (χ0n) is 19.5. The number of methoxy groups -OCH3 is 1. The molecule has 0 saturated carbocycles. The van der Waals surface area contributed by atoms with Crippen molar-refractivity contribution in [2.75, 3.05) is 26.9 Å². The van der Waals surface area contributed by atoms with Crippen LogP contribution in [0.3, 0.4) is 0 Å². The van der Waals surface area contributed by atoms with Gasteiger partial charge in [0.05, 0.1) is 25.7 Å². The van der Waals surface area contributed by atoms with Gasteiger partial charge in [-0.2, -0.15) is 0 Å². The molecule has 33 heavy (non-hydrogen) atoms. The number of carbonyl (C=O) groups excluding carboxylic acids is 1. The Morgan fingerprint density at radius 1 is 1.15 bits per heavy atom. The first kappa shape index (κ1) is 25.1. The van der Waals surface area contributed by atoms with Crippen molar-refractivity contribution in [2.24, 2.45) is 11.8 Å². The smallest absolute Gasteiger partial charge is 0.309 e. The van der Waals surface area contributed by atoms with E-state index in [4.69, 9.17) is 18.9 Å². The predicted octanol–water partition coefficient (Wildman–Crippen LogP) is 4.37. The summed E-state index contributed by atoms with van der Waals surface area (Å²) < 4.78 is 35.5. The number of cyclic esters (lactones) is 1. The lowest BCUT2D eigenvalue weighted by Crippen LogP contribution is -2.30. The van der Waals surface area contributed by atoms with E-state index in [1.54, 1.807) is 19.2 Å². The van der Waals surface area contributed by atoms with E-state index < -0.39 is 12.2 Å². The number of ether oxygens (including phenoxy) is 4. The number of carbonyl (C=O) groups is 1. The van der Waals surface area contributed by atoms with Gasteiger partial charge in [0.25, 0.3) is 0 Å². The Balaban J connectivity index is 1.61. The van der Waals surface area contributed by atoms with Crippen LogP contribution < -0.4 is 4.74 Å². The van der Waals surface area contributed by atoms with E-state index in [1.165, 1.54) is 12.1 Å². The van der Waals surface area contributed by atoms with Crippen LogP contribution in [0.5, 0.6) is 5.75 Å². The van der Waals surface area contributed by atoms with Crippen molar-refractivity contribution < 1.29 is 33.2 Å². The molecule has 1 fully saturated rings. The zero-order chi connectivity index (χ0) is 23.8. The van der Waals surface area contributed by atoms with Crippen LogP contribution in [0.2, 0.25) is 0 Å². The Kier molecular flexibility index (Phi) is 9.23. The van der Waals surface area contributed by atoms with Crippen LogP contribution in [0.4, 0.5) is 4.39 Å². The Labute approximate surface area is 194 Å². The van der Waals surface area contributed by atoms with Gasteiger partial charge in [0.15, 0.2) is 0 Å². The molecule has 1 aliphatic rings. The Morgan fingerprint density at radius 3 is 2.58 bits per heavy atom. The van der Waals surface area contributed by atoms with Gasteiger partial charge < -0.3 is 24.1 Å². The van der Waals surface area contributed by atoms with Gasteiger partial charge in [0.2, 0.25) is 0 Å². The molecule has 0 radical (unpaired) electrons. The molecular weight excluding hydrogens is 427 g/mol. The first-order chi connectivity index (χ1) is 15.9. The third-order valence-corrected chi connectivity index (χ3v) is 5.80. The minimum atomic E-state index is -0.874. The van der Waals surface area contributed by atoms with Crippen LogP contribution >= 0.6 is 0 Å².